The standard InChI is InChI=1S/C12H25NO.CH2O2/c1-9(2)10-6-7-12(3,14)11(8-10)13(4)5;2-1-3/h9-11,14H,6-8H2,1-5H3;1H,(H,2,3). The highest BCUT2D eigenvalue weighted by atomic mass is 16.3. The molecule has 0 radical (unpaired) electrons. The van der Waals surface area contributed by atoms with E-state index in [0.29, 0.717) is 6.04 Å². The zero-order valence-electron chi connectivity index (χ0n) is 11.7. The first kappa shape index (κ1) is 16.4. The summed E-state index contributed by atoms with van der Waals surface area (Å²) in [6.45, 7) is 6.31. The molecule has 0 heterocycles. The Morgan fingerprint density at radius 3 is 2.24 bits per heavy atom. The third-order valence-electron chi connectivity index (χ3n) is 3.83. The van der Waals surface area contributed by atoms with Gasteiger partial charge >= 0.3 is 0 Å². The smallest absolute Gasteiger partial charge is 0.290 e. The Hall–Kier alpha value is -0.610. The maximum atomic E-state index is 10.3. The maximum Gasteiger partial charge on any atom is 0.290 e. The Bertz CT molecular complexity index is 227. The van der Waals surface area contributed by atoms with Crippen LogP contribution in [-0.2, 0) is 4.79 Å². The van der Waals surface area contributed by atoms with Gasteiger partial charge in [-0.15, -0.1) is 0 Å². The lowest BCUT2D eigenvalue weighted by Crippen LogP contribution is -2.52. The first-order valence-electron chi connectivity index (χ1n) is 6.23. The van der Waals surface area contributed by atoms with Crippen molar-refractivity contribution in [1.82, 2.24) is 4.90 Å². The molecule has 1 rings (SSSR count). The first-order chi connectivity index (χ1) is 7.76. The summed E-state index contributed by atoms with van der Waals surface area (Å²) in [7, 11) is 4.14. The largest absolute Gasteiger partial charge is 0.483 e. The third-order valence-corrected chi connectivity index (χ3v) is 3.83. The predicted octanol–water partition coefficient (Wildman–Crippen LogP) is 1.82. The van der Waals surface area contributed by atoms with Crippen molar-refractivity contribution < 1.29 is 15.0 Å². The van der Waals surface area contributed by atoms with Crippen molar-refractivity contribution >= 4 is 6.47 Å². The van der Waals surface area contributed by atoms with Gasteiger partial charge in [0.25, 0.3) is 6.47 Å². The molecule has 1 fully saturated rings. The van der Waals surface area contributed by atoms with Gasteiger partial charge in [-0.3, -0.25) is 4.79 Å². The van der Waals surface area contributed by atoms with Crippen molar-refractivity contribution in [3.05, 3.63) is 0 Å². The van der Waals surface area contributed by atoms with Gasteiger partial charge in [-0.2, -0.15) is 0 Å². The predicted molar refractivity (Wildman–Crippen MR) is 69.0 cm³/mol. The van der Waals surface area contributed by atoms with Gasteiger partial charge in [0.1, 0.15) is 0 Å². The molecule has 0 aromatic rings. The Morgan fingerprint density at radius 2 is 1.88 bits per heavy atom. The van der Waals surface area contributed by atoms with Crippen LogP contribution in [0.2, 0.25) is 0 Å². The van der Waals surface area contributed by atoms with Crippen molar-refractivity contribution in [2.45, 2.75) is 51.7 Å². The number of carboxylic acid groups (broad SMARTS) is 1. The number of rotatable bonds is 2. The van der Waals surface area contributed by atoms with Crippen molar-refractivity contribution in [2.24, 2.45) is 11.8 Å². The molecule has 0 bridgehead atoms. The minimum atomic E-state index is -0.491. The monoisotopic (exact) mass is 245 g/mol. The third kappa shape index (κ3) is 5.04. The van der Waals surface area contributed by atoms with Crippen LogP contribution in [0.1, 0.15) is 40.0 Å². The molecule has 0 saturated heterocycles. The summed E-state index contributed by atoms with van der Waals surface area (Å²) in [6.07, 6.45) is 3.26. The summed E-state index contributed by atoms with van der Waals surface area (Å²) in [4.78, 5) is 10.5. The number of aliphatic hydroxyl groups is 1. The molecule has 0 amide bonds. The second-order valence-electron chi connectivity index (χ2n) is 5.72. The molecule has 1 aliphatic carbocycles. The zero-order chi connectivity index (χ0) is 13.6. The second-order valence-corrected chi connectivity index (χ2v) is 5.72. The fraction of sp³-hybridized carbons (Fsp3) is 0.923. The lowest BCUT2D eigenvalue weighted by atomic mass is 9.72. The molecule has 17 heavy (non-hydrogen) atoms. The number of carbonyl (C=O) groups is 1. The fourth-order valence-electron chi connectivity index (χ4n) is 2.68. The molecule has 0 aliphatic heterocycles. The van der Waals surface area contributed by atoms with Crippen molar-refractivity contribution in [3.8, 4) is 0 Å². The van der Waals surface area contributed by atoms with Crippen molar-refractivity contribution in [1.29, 1.82) is 0 Å². The van der Waals surface area contributed by atoms with Crippen LogP contribution in [0.4, 0.5) is 0 Å². The molecular formula is C13H27NO3. The van der Waals surface area contributed by atoms with Crippen molar-refractivity contribution in [2.75, 3.05) is 14.1 Å². The minimum absolute atomic E-state index is 0.250. The Morgan fingerprint density at radius 1 is 1.41 bits per heavy atom. The first-order valence-corrected chi connectivity index (χ1v) is 6.23. The van der Waals surface area contributed by atoms with E-state index in [1.54, 1.807) is 0 Å². The SMILES string of the molecule is CC(C)C1CCC(C)(O)C(N(C)C)C1.O=CO. The molecule has 102 valence electrons. The van der Waals surface area contributed by atoms with E-state index in [-0.39, 0.29) is 6.47 Å². The van der Waals surface area contributed by atoms with Crippen LogP contribution in [-0.4, -0.2) is 47.3 Å². The topological polar surface area (TPSA) is 60.8 Å². The normalized spacial score (nSPS) is 33.2. The molecule has 2 N–H and O–H groups in total. The molecule has 3 unspecified atom stereocenters. The van der Waals surface area contributed by atoms with E-state index in [4.69, 9.17) is 9.90 Å². The molecule has 4 heteroatoms. The molecular weight excluding hydrogens is 218 g/mol. The quantitative estimate of drug-likeness (QED) is 0.729. The van der Waals surface area contributed by atoms with E-state index in [1.165, 1.54) is 6.42 Å². The molecule has 3 atom stereocenters. The fourth-order valence-corrected chi connectivity index (χ4v) is 2.68. The van der Waals surface area contributed by atoms with Gasteiger partial charge in [-0.1, -0.05) is 13.8 Å². The molecule has 1 aliphatic rings. The highest BCUT2D eigenvalue weighted by Crippen LogP contribution is 2.37. The number of hydrogen-bond acceptors (Lipinski definition) is 3. The number of nitrogens with zero attached hydrogens (tertiary/aromatic N) is 1. The van der Waals surface area contributed by atoms with Gasteiger partial charge in [0, 0.05) is 6.04 Å². The van der Waals surface area contributed by atoms with Gasteiger partial charge in [0.2, 0.25) is 0 Å². The van der Waals surface area contributed by atoms with E-state index in [2.05, 4.69) is 32.8 Å². The van der Waals surface area contributed by atoms with E-state index < -0.39 is 5.60 Å². The van der Waals surface area contributed by atoms with Crippen LogP contribution >= 0.6 is 0 Å². The van der Waals surface area contributed by atoms with Crippen LogP contribution in [0.5, 0.6) is 0 Å². The Kier molecular flexibility index (Phi) is 6.72. The summed E-state index contributed by atoms with van der Waals surface area (Å²) in [5, 5.41) is 17.2. The summed E-state index contributed by atoms with van der Waals surface area (Å²) in [6, 6.07) is 0.323. The van der Waals surface area contributed by atoms with Crippen LogP contribution in [0.3, 0.4) is 0 Å². The molecule has 0 aromatic carbocycles. The lowest BCUT2D eigenvalue weighted by molar-refractivity contribution is -0.122. The van der Waals surface area contributed by atoms with Gasteiger partial charge in [0.05, 0.1) is 5.60 Å². The maximum absolute atomic E-state index is 10.3. The van der Waals surface area contributed by atoms with E-state index in [0.717, 1.165) is 24.7 Å². The second kappa shape index (κ2) is 6.97. The van der Waals surface area contributed by atoms with Gasteiger partial charge in [0.15, 0.2) is 0 Å². The van der Waals surface area contributed by atoms with E-state index in [1.807, 2.05) is 6.92 Å². The summed E-state index contributed by atoms with van der Waals surface area (Å²) >= 11 is 0. The van der Waals surface area contributed by atoms with Gasteiger partial charge in [-0.25, -0.2) is 0 Å². The van der Waals surface area contributed by atoms with E-state index >= 15 is 0 Å². The molecule has 1 saturated carbocycles. The number of hydrogen-bond donors (Lipinski definition) is 2. The van der Waals surface area contributed by atoms with Crippen LogP contribution in [0.15, 0.2) is 0 Å². The summed E-state index contributed by atoms with van der Waals surface area (Å²) in [5.41, 5.74) is -0.491. The highest BCUT2D eigenvalue weighted by molar-refractivity contribution is 5.32. The highest BCUT2D eigenvalue weighted by Gasteiger charge is 2.40. The van der Waals surface area contributed by atoms with Crippen LogP contribution in [0.25, 0.3) is 0 Å². The minimum Gasteiger partial charge on any atom is -0.483 e. The lowest BCUT2D eigenvalue weighted by Gasteiger charge is -2.45. The summed E-state index contributed by atoms with van der Waals surface area (Å²) in [5.74, 6) is 1.52. The van der Waals surface area contributed by atoms with E-state index in [9.17, 15) is 5.11 Å². The zero-order valence-corrected chi connectivity index (χ0v) is 11.7. The summed E-state index contributed by atoms with van der Waals surface area (Å²) < 4.78 is 0. The Balaban J connectivity index is 0.000000770. The molecule has 4 nitrogen and oxygen atoms in total. The number of likely N-dealkylation sites (N-methyl/N-ethyl adjacent to an activating group) is 1. The van der Waals surface area contributed by atoms with Gasteiger partial charge < -0.3 is 15.1 Å². The van der Waals surface area contributed by atoms with Crippen molar-refractivity contribution in [3.63, 3.8) is 0 Å². The van der Waals surface area contributed by atoms with Gasteiger partial charge in [-0.05, 0) is 52.1 Å². The van der Waals surface area contributed by atoms with Crippen LogP contribution in [0, 0.1) is 11.8 Å². The molecule has 0 aromatic heterocycles. The molecule has 0 spiro atoms. The average Bonchev–Trinajstić information content (AvgIpc) is 2.17. The Labute approximate surface area is 105 Å². The van der Waals surface area contributed by atoms with Crippen LogP contribution < -0.4 is 0 Å². The average molecular weight is 245 g/mol.